The van der Waals surface area contributed by atoms with Gasteiger partial charge in [0.25, 0.3) is 5.91 Å². The summed E-state index contributed by atoms with van der Waals surface area (Å²) in [4.78, 5) is 75.4. The second-order valence-corrected chi connectivity index (χ2v) is 16.3. The van der Waals surface area contributed by atoms with E-state index in [-0.39, 0.29) is 66.9 Å². The molecule has 16 nitrogen and oxygen atoms in total. The summed E-state index contributed by atoms with van der Waals surface area (Å²) in [6.07, 6.45) is 5.72. The van der Waals surface area contributed by atoms with Crippen molar-refractivity contribution in [2.24, 2.45) is 16.9 Å². The van der Waals surface area contributed by atoms with Crippen LogP contribution in [0.4, 0.5) is 0 Å². The topological polar surface area (TPSA) is 255 Å². The molecule has 2 heterocycles. The zero-order valence-corrected chi connectivity index (χ0v) is 37.0. The molecule has 9 N–H and O–H groups in total. The number of carbonyl (C=O) groups excluding carboxylic acids is 5. The number of allylic oxidation sites excluding steroid dienone is 5. The summed E-state index contributed by atoms with van der Waals surface area (Å²) in [5, 5.41) is 30.9. The van der Waals surface area contributed by atoms with Gasteiger partial charge in [-0.2, -0.15) is 5.26 Å². The van der Waals surface area contributed by atoms with E-state index >= 15 is 0 Å². The quantitative estimate of drug-likeness (QED) is 0.0912. The van der Waals surface area contributed by atoms with Crippen LogP contribution in [-0.4, -0.2) is 95.9 Å². The highest BCUT2D eigenvalue weighted by Crippen LogP contribution is 2.39. The highest BCUT2D eigenvalue weighted by atomic mass is 16.5. The summed E-state index contributed by atoms with van der Waals surface area (Å²) in [5.74, 6) is -3.24. The van der Waals surface area contributed by atoms with Crippen LogP contribution >= 0.6 is 0 Å². The molecule has 0 saturated heterocycles. The smallest absolute Gasteiger partial charge is 0.253 e. The van der Waals surface area contributed by atoms with Crippen LogP contribution in [0.5, 0.6) is 11.5 Å². The van der Waals surface area contributed by atoms with Crippen molar-refractivity contribution < 1.29 is 33.8 Å². The zero-order valence-electron chi connectivity index (χ0n) is 37.0. The van der Waals surface area contributed by atoms with Crippen LogP contribution in [0, 0.1) is 23.7 Å². The van der Waals surface area contributed by atoms with Crippen LogP contribution in [0.15, 0.2) is 78.9 Å². The number of hydrogen-bond donors (Lipinski definition) is 7. The first-order chi connectivity index (χ1) is 29.8. The lowest BCUT2D eigenvalue weighted by atomic mass is 9.86. The molecule has 3 aromatic rings. The highest BCUT2D eigenvalue weighted by Gasteiger charge is 2.36. The minimum Gasteiger partial charge on any atom is -0.507 e. The van der Waals surface area contributed by atoms with Gasteiger partial charge in [0.15, 0.2) is 0 Å². The first-order valence-corrected chi connectivity index (χ1v) is 20.7. The largest absolute Gasteiger partial charge is 0.507 e. The van der Waals surface area contributed by atoms with Gasteiger partial charge in [-0.05, 0) is 97.8 Å². The molecule has 1 aliphatic heterocycles. The van der Waals surface area contributed by atoms with Crippen molar-refractivity contribution >= 4 is 35.1 Å². The number of benzene rings is 2. The van der Waals surface area contributed by atoms with Gasteiger partial charge < -0.3 is 47.5 Å². The molecule has 63 heavy (non-hydrogen) atoms. The summed E-state index contributed by atoms with van der Waals surface area (Å²) in [5.41, 5.74) is 16.3. The number of ether oxygens (including phenoxy) is 1. The number of phenolic OH excluding ortho intramolecular Hbond substituents is 1. The number of nitriles is 1. The standard InChI is InChI=1S/C47H59N9O7/c1-9-32(47(5,6)7)13-10-27(2)36-15-14-33(28(3)52-36)43(59)54-37(18-19-48)46(62)56(8)41-31-12-17-40(63-23-21-50)35(26-31)34-24-30(11-16-39(34)57)25-38(44(60)51-22-20-49)55-42(58)29(4)53-45(41)61/h9-17,24,26,29,37-38,41,57H,1,18-19,21-23,25,48,50H2,2-8H3,(H,51,60)(H,53,61)(H,54,59)(H,55,58)/b27-10+,32-13+/t29-,37-,38-,41-/m0/s1. The average molecular weight is 862 g/mol. The number of aromatic hydroxyl groups is 1. The lowest BCUT2D eigenvalue weighted by Crippen LogP contribution is -2.56. The fourth-order valence-corrected chi connectivity index (χ4v) is 7.03. The minimum absolute atomic E-state index is 0.00356. The zero-order chi connectivity index (χ0) is 46.6. The maximum atomic E-state index is 14.5. The maximum Gasteiger partial charge on any atom is 0.253 e. The van der Waals surface area contributed by atoms with Crippen LogP contribution in [0.25, 0.3) is 16.7 Å². The molecule has 1 aromatic heterocycles. The fourth-order valence-electron chi connectivity index (χ4n) is 7.03. The number of pyridine rings is 1. The Morgan fingerprint density at radius 3 is 2.43 bits per heavy atom. The maximum absolute atomic E-state index is 14.5. The van der Waals surface area contributed by atoms with E-state index in [9.17, 15) is 29.1 Å². The Morgan fingerprint density at radius 1 is 1.06 bits per heavy atom. The number of nitrogens with one attached hydrogen (secondary N) is 4. The number of likely N-dealkylation sites (N-methyl/N-ethyl adjacent to an activating group) is 1. The van der Waals surface area contributed by atoms with Crippen LogP contribution < -0.4 is 37.5 Å². The van der Waals surface area contributed by atoms with Crippen molar-refractivity contribution in [1.82, 2.24) is 31.2 Å². The van der Waals surface area contributed by atoms with E-state index in [1.54, 1.807) is 49.4 Å². The number of aromatic nitrogens is 1. The molecule has 4 bridgehead atoms. The molecule has 0 fully saturated rings. The molecule has 16 heteroatoms. The molecule has 0 spiro atoms. The molecular weight excluding hydrogens is 803 g/mol. The van der Waals surface area contributed by atoms with Crippen molar-refractivity contribution in [2.45, 2.75) is 78.6 Å². The van der Waals surface area contributed by atoms with E-state index in [2.05, 4.69) is 53.6 Å². The van der Waals surface area contributed by atoms with Gasteiger partial charge in [0, 0.05) is 31.1 Å². The first kappa shape index (κ1) is 48.8. The molecular formula is C47H59N9O7. The van der Waals surface area contributed by atoms with E-state index < -0.39 is 53.7 Å². The molecule has 1 aliphatic rings. The Bertz CT molecular complexity index is 2330. The van der Waals surface area contributed by atoms with Crippen molar-refractivity contribution in [3.05, 3.63) is 107 Å². The third-order valence-corrected chi connectivity index (χ3v) is 10.6. The van der Waals surface area contributed by atoms with E-state index in [0.29, 0.717) is 28.3 Å². The normalized spacial score (nSPS) is 17.5. The molecule has 334 valence electrons. The first-order valence-electron chi connectivity index (χ1n) is 20.7. The highest BCUT2D eigenvalue weighted by molar-refractivity contribution is 6.00. The van der Waals surface area contributed by atoms with Crippen LogP contribution in [0.1, 0.15) is 80.0 Å². The van der Waals surface area contributed by atoms with Crippen molar-refractivity contribution in [2.75, 3.05) is 33.3 Å². The molecule has 0 unspecified atom stereocenters. The second-order valence-electron chi connectivity index (χ2n) is 16.3. The Balaban J connectivity index is 1.76. The summed E-state index contributed by atoms with van der Waals surface area (Å²) in [6.45, 7) is 15.2. The van der Waals surface area contributed by atoms with Crippen molar-refractivity contribution in [3.8, 4) is 28.7 Å². The van der Waals surface area contributed by atoms with Crippen LogP contribution in [0.3, 0.4) is 0 Å². The van der Waals surface area contributed by atoms with E-state index in [4.69, 9.17) is 21.5 Å². The summed E-state index contributed by atoms with van der Waals surface area (Å²) in [7, 11) is 1.39. The Hall–Kier alpha value is -6.83. The van der Waals surface area contributed by atoms with Gasteiger partial charge in [-0.25, -0.2) is 0 Å². The number of aryl methyl sites for hydroxylation is 1. The second kappa shape index (κ2) is 21.8. The molecule has 4 atom stereocenters. The average Bonchev–Trinajstić information content (AvgIpc) is 3.24. The molecule has 5 amide bonds. The third kappa shape index (κ3) is 12.4. The lowest BCUT2D eigenvalue weighted by Gasteiger charge is -2.32. The number of amides is 5. The Labute approximate surface area is 368 Å². The van der Waals surface area contributed by atoms with Gasteiger partial charge in [-0.15, -0.1) is 0 Å². The lowest BCUT2D eigenvalue weighted by molar-refractivity contribution is -0.141. The third-order valence-electron chi connectivity index (χ3n) is 10.6. The molecule has 0 aliphatic carbocycles. The van der Waals surface area contributed by atoms with Crippen LogP contribution in [0.2, 0.25) is 0 Å². The summed E-state index contributed by atoms with van der Waals surface area (Å²) < 4.78 is 5.97. The number of fused-ring (bicyclic) bond motifs is 5. The van der Waals surface area contributed by atoms with E-state index in [0.717, 1.165) is 16.0 Å². The van der Waals surface area contributed by atoms with Gasteiger partial charge >= 0.3 is 0 Å². The SMILES string of the molecule is C=C/C(=C\C=C(/C)c1ccc(C(=O)N[C@@H](CCN)C(=O)N(C)[C@@H]2C(=O)N[C@@H](C)C(=O)N[C@H](C(=O)NCC#N)Cc3ccc(O)c(c3)-c3cc2ccc3OCCN)c(C)n1)C(C)(C)C. The van der Waals surface area contributed by atoms with Gasteiger partial charge in [0.1, 0.15) is 48.8 Å². The van der Waals surface area contributed by atoms with Gasteiger partial charge in [-0.3, -0.25) is 29.0 Å². The number of nitrogens with two attached hydrogens (primary N) is 2. The Kier molecular flexibility index (Phi) is 16.9. The molecule has 0 radical (unpaired) electrons. The number of hydrogen-bond acceptors (Lipinski definition) is 11. The number of carbonyl (C=O) groups is 5. The number of phenols is 1. The van der Waals surface area contributed by atoms with Gasteiger partial charge in [0.2, 0.25) is 23.6 Å². The number of nitrogens with zero attached hydrogens (tertiary/aromatic N) is 3. The Morgan fingerprint density at radius 2 is 1.79 bits per heavy atom. The van der Waals surface area contributed by atoms with E-state index in [1.165, 1.54) is 20.0 Å². The van der Waals surface area contributed by atoms with E-state index in [1.807, 2.05) is 31.2 Å². The molecule has 2 aromatic carbocycles. The molecule has 4 rings (SSSR count). The molecule has 0 saturated carbocycles. The van der Waals surface area contributed by atoms with Gasteiger partial charge in [0.05, 0.1) is 23.0 Å². The fraction of sp³-hybridized carbons (Fsp3) is 0.383. The van der Waals surface area contributed by atoms with Gasteiger partial charge in [-0.1, -0.05) is 57.7 Å². The van der Waals surface area contributed by atoms with Crippen LogP contribution in [-0.2, 0) is 25.6 Å². The number of rotatable bonds is 14. The summed E-state index contributed by atoms with van der Waals surface area (Å²) >= 11 is 0. The van der Waals surface area contributed by atoms with Crippen molar-refractivity contribution in [1.29, 1.82) is 5.26 Å². The predicted octanol–water partition coefficient (Wildman–Crippen LogP) is 3.49. The predicted molar refractivity (Wildman–Crippen MR) is 241 cm³/mol. The van der Waals surface area contributed by atoms with Crippen molar-refractivity contribution in [3.63, 3.8) is 0 Å². The summed E-state index contributed by atoms with van der Waals surface area (Å²) in [6, 6.07) is 9.58. The minimum atomic E-state index is -1.42. The monoisotopic (exact) mass is 861 g/mol.